The predicted octanol–water partition coefficient (Wildman–Crippen LogP) is -0.205. The molecule has 102 valence electrons. The first-order valence-electron chi connectivity index (χ1n) is 5.81. The first kappa shape index (κ1) is 13.5. The lowest BCUT2D eigenvalue weighted by molar-refractivity contribution is -0.0516. The van der Waals surface area contributed by atoms with Gasteiger partial charge in [0.05, 0.1) is 24.2 Å². The Hall–Kier alpha value is -0.890. The van der Waals surface area contributed by atoms with Crippen LogP contribution >= 0.6 is 0 Å². The normalized spacial score (nSPS) is 26.4. The van der Waals surface area contributed by atoms with Crippen molar-refractivity contribution in [3.63, 3.8) is 0 Å². The number of hydrogen-bond donors (Lipinski definition) is 1. The number of hydrogen-bond acceptors (Lipinski definition) is 4. The van der Waals surface area contributed by atoms with Gasteiger partial charge in [0.15, 0.2) is 0 Å². The maximum absolute atomic E-state index is 12.4. The monoisotopic (exact) mass is 274 g/mol. The number of ether oxygens (including phenoxy) is 1. The fourth-order valence-electron chi connectivity index (χ4n) is 2.00. The summed E-state index contributed by atoms with van der Waals surface area (Å²) in [7, 11) is -1.74. The zero-order chi connectivity index (χ0) is 13.3. The van der Waals surface area contributed by atoms with Crippen LogP contribution in [0.1, 0.15) is 6.92 Å². The highest BCUT2D eigenvalue weighted by Crippen LogP contribution is 2.22. The fourth-order valence-corrected chi connectivity index (χ4v) is 3.70. The molecule has 1 N–H and O–H groups in total. The van der Waals surface area contributed by atoms with Crippen LogP contribution in [0.5, 0.6) is 0 Å². The average molecular weight is 274 g/mol. The smallest absolute Gasteiger partial charge is 0.244 e. The van der Waals surface area contributed by atoms with Gasteiger partial charge in [-0.2, -0.15) is 4.31 Å². The van der Waals surface area contributed by atoms with Crippen molar-refractivity contribution in [1.82, 2.24) is 8.87 Å². The molecule has 0 amide bonds. The minimum absolute atomic E-state index is 0.173. The Morgan fingerprint density at radius 2 is 2.28 bits per heavy atom. The van der Waals surface area contributed by atoms with Crippen LogP contribution < -0.4 is 0 Å². The molecule has 0 spiro atoms. The number of aliphatic hydroxyl groups is 1. The van der Waals surface area contributed by atoms with Crippen molar-refractivity contribution < 1.29 is 18.3 Å². The largest absolute Gasteiger partial charge is 0.394 e. The summed E-state index contributed by atoms with van der Waals surface area (Å²) in [5.41, 5.74) is 0. The quantitative estimate of drug-likeness (QED) is 0.828. The summed E-state index contributed by atoms with van der Waals surface area (Å²) < 4.78 is 33.3. The summed E-state index contributed by atoms with van der Waals surface area (Å²) in [5, 5.41) is 9.08. The Kier molecular flexibility index (Phi) is 3.76. The van der Waals surface area contributed by atoms with E-state index in [1.807, 2.05) is 0 Å². The molecular formula is C11H18N2O4S. The number of rotatable bonds is 3. The van der Waals surface area contributed by atoms with Crippen LogP contribution in [-0.2, 0) is 21.8 Å². The van der Waals surface area contributed by atoms with E-state index in [1.54, 1.807) is 37.0 Å². The van der Waals surface area contributed by atoms with Gasteiger partial charge in [0.1, 0.15) is 0 Å². The van der Waals surface area contributed by atoms with Crippen LogP contribution in [0.25, 0.3) is 0 Å². The van der Waals surface area contributed by atoms with Crippen molar-refractivity contribution in [3.8, 4) is 0 Å². The van der Waals surface area contributed by atoms with Crippen molar-refractivity contribution in [3.05, 3.63) is 18.5 Å². The van der Waals surface area contributed by atoms with Gasteiger partial charge in [-0.1, -0.05) is 0 Å². The second-order valence-corrected chi connectivity index (χ2v) is 6.46. The number of sulfonamides is 1. The summed E-state index contributed by atoms with van der Waals surface area (Å²) in [6, 6.07) is 1.35. The van der Waals surface area contributed by atoms with Crippen molar-refractivity contribution >= 4 is 10.0 Å². The number of morpholine rings is 1. The molecule has 1 aromatic rings. The van der Waals surface area contributed by atoms with Gasteiger partial charge in [-0.3, -0.25) is 0 Å². The van der Waals surface area contributed by atoms with E-state index in [-0.39, 0.29) is 24.1 Å². The van der Waals surface area contributed by atoms with Crippen LogP contribution in [0.15, 0.2) is 23.4 Å². The zero-order valence-electron chi connectivity index (χ0n) is 10.5. The molecule has 0 radical (unpaired) electrons. The number of nitrogens with zero attached hydrogens (tertiary/aromatic N) is 2. The summed E-state index contributed by atoms with van der Waals surface area (Å²) in [4.78, 5) is 0.274. The van der Waals surface area contributed by atoms with Crippen LogP contribution in [-0.4, -0.2) is 54.3 Å². The third-order valence-electron chi connectivity index (χ3n) is 3.06. The maximum atomic E-state index is 12.4. The Labute approximate surface area is 107 Å². The van der Waals surface area contributed by atoms with Gasteiger partial charge in [0.2, 0.25) is 10.0 Å². The van der Waals surface area contributed by atoms with Crippen molar-refractivity contribution in [1.29, 1.82) is 0 Å². The highest BCUT2D eigenvalue weighted by Gasteiger charge is 2.35. The number of aryl methyl sites for hydroxylation is 1. The molecule has 2 rings (SSSR count). The molecule has 2 heterocycles. The van der Waals surface area contributed by atoms with E-state index in [2.05, 4.69) is 0 Å². The molecular weight excluding hydrogens is 256 g/mol. The molecule has 7 heteroatoms. The third-order valence-corrected chi connectivity index (χ3v) is 5.03. The second kappa shape index (κ2) is 5.00. The van der Waals surface area contributed by atoms with E-state index in [4.69, 9.17) is 9.84 Å². The van der Waals surface area contributed by atoms with E-state index in [9.17, 15) is 8.42 Å². The Morgan fingerprint density at radius 3 is 2.83 bits per heavy atom. The van der Waals surface area contributed by atoms with Gasteiger partial charge in [0, 0.05) is 32.0 Å². The fraction of sp³-hybridized carbons (Fsp3) is 0.636. The second-order valence-electron chi connectivity index (χ2n) is 4.57. The zero-order valence-corrected chi connectivity index (χ0v) is 11.3. The van der Waals surface area contributed by atoms with Gasteiger partial charge < -0.3 is 14.4 Å². The topological polar surface area (TPSA) is 71.8 Å². The molecule has 2 atom stereocenters. The molecule has 1 fully saturated rings. The molecule has 0 aliphatic carbocycles. The highest BCUT2D eigenvalue weighted by molar-refractivity contribution is 7.89. The Bertz CT molecular complexity index is 511. The van der Waals surface area contributed by atoms with E-state index >= 15 is 0 Å². The van der Waals surface area contributed by atoms with E-state index in [0.717, 1.165) is 0 Å². The van der Waals surface area contributed by atoms with E-state index in [1.165, 1.54) is 4.31 Å². The maximum Gasteiger partial charge on any atom is 0.244 e. The van der Waals surface area contributed by atoms with Gasteiger partial charge in [-0.05, 0) is 13.0 Å². The summed E-state index contributed by atoms with van der Waals surface area (Å²) >= 11 is 0. The first-order valence-corrected chi connectivity index (χ1v) is 7.25. The minimum atomic E-state index is -3.51. The van der Waals surface area contributed by atoms with E-state index in [0.29, 0.717) is 6.61 Å². The Morgan fingerprint density at radius 1 is 1.56 bits per heavy atom. The van der Waals surface area contributed by atoms with Gasteiger partial charge >= 0.3 is 0 Å². The molecule has 1 aliphatic heterocycles. The lowest BCUT2D eigenvalue weighted by Crippen LogP contribution is -2.51. The molecule has 0 saturated carbocycles. The number of aliphatic hydroxyl groups excluding tert-OH is 1. The Balaban J connectivity index is 2.28. The molecule has 0 bridgehead atoms. The lowest BCUT2D eigenvalue weighted by Gasteiger charge is -2.36. The molecule has 1 saturated heterocycles. The average Bonchev–Trinajstić information content (AvgIpc) is 2.77. The summed E-state index contributed by atoms with van der Waals surface area (Å²) in [5.74, 6) is 0. The molecule has 2 unspecified atom stereocenters. The van der Waals surface area contributed by atoms with Crippen LogP contribution in [0.4, 0.5) is 0 Å². The third kappa shape index (κ3) is 2.44. The SMILES string of the molecule is CC1COC(CO)CN1S(=O)(=O)c1ccn(C)c1. The standard InChI is InChI=1S/C11H18N2O4S/c1-9-8-17-10(7-14)5-13(9)18(15,16)11-3-4-12(2)6-11/h3-4,6,9-10,14H,5,7-8H2,1-2H3. The van der Waals surface area contributed by atoms with Crippen molar-refractivity contribution in [2.75, 3.05) is 19.8 Å². The van der Waals surface area contributed by atoms with E-state index < -0.39 is 16.1 Å². The molecule has 6 nitrogen and oxygen atoms in total. The first-order chi connectivity index (χ1) is 8.45. The van der Waals surface area contributed by atoms with Crippen molar-refractivity contribution in [2.45, 2.75) is 24.0 Å². The molecule has 18 heavy (non-hydrogen) atoms. The van der Waals surface area contributed by atoms with Crippen LogP contribution in [0, 0.1) is 0 Å². The van der Waals surface area contributed by atoms with Gasteiger partial charge in [0.25, 0.3) is 0 Å². The van der Waals surface area contributed by atoms with Crippen LogP contribution in [0.2, 0.25) is 0 Å². The van der Waals surface area contributed by atoms with Crippen LogP contribution in [0.3, 0.4) is 0 Å². The molecule has 1 aromatic heterocycles. The van der Waals surface area contributed by atoms with Gasteiger partial charge in [-0.15, -0.1) is 0 Å². The predicted molar refractivity (Wildman–Crippen MR) is 65.6 cm³/mol. The van der Waals surface area contributed by atoms with Crippen molar-refractivity contribution in [2.24, 2.45) is 7.05 Å². The summed E-state index contributed by atoms with van der Waals surface area (Å²) in [6.45, 7) is 2.12. The molecule has 1 aliphatic rings. The molecule has 0 aromatic carbocycles. The lowest BCUT2D eigenvalue weighted by atomic mass is 10.2. The van der Waals surface area contributed by atoms with Gasteiger partial charge in [-0.25, -0.2) is 8.42 Å². The summed E-state index contributed by atoms with van der Waals surface area (Å²) in [6.07, 6.45) is 2.83. The highest BCUT2D eigenvalue weighted by atomic mass is 32.2. The minimum Gasteiger partial charge on any atom is -0.394 e. The number of aromatic nitrogens is 1.